The lowest BCUT2D eigenvalue weighted by Crippen LogP contribution is -2.02. The van der Waals surface area contributed by atoms with E-state index in [9.17, 15) is 8.78 Å². The number of halogens is 3. The Balaban J connectivity index is 2.36. The summed E-state index contributed by atoms with van der Waals surface area (Å²) >= 11 is 3.09. The van der Waals surface area contributed by atoms with E-state index in [1.165, 1.54) is 6.07 Å². The Morgan fingerprint density at radius 1 is 1.12 bits per heavy atom. The van der Waals surface area contributed by atoms with Crippen LogP contribution >= 0.6 is 15.9 Å². The van der Waals surface area contributed by atoms with Gasteiger partial charge in [0.25, 0.3) is 0 Å². The zero-order valence-corrected chi connectivity index (χ0v) is 11.1. The molecule has 0 saturated heterocycles. The van der Waals surface area contributed by atoms with E-state index >= 15 is 0 Å². The number of ether oxygens (including phenoxy) is 1. The molecule has 0 aromatic heterocycles. The third kappa shape index (κ3) is 5.00. The van der Waals surface area contributed by atoms with Gasteiger partial charge in [-0.1, -0.05) is 28.8 Å². The standard InChI is InChI=1S/C12H16BrF2NO/c13-9-7-10(14)12(15)11(8-9)17-6-4-2-1-3-5-16/h7-8H,1-6,16H2. The summed E-state index contributed by atoms with van der Waals surface area (Å²) in [5.41, 5.74) is 5.36. The summed E-state index contributed by atoms with van der Waals surface area (Å²) in [4.78, 5) is 0. The molecule has 1 aromatic carbocycles. The Labute approximate surface area is 108 Å². The third-order valence-electron chi connectivity index (χ3n) is 2.32. The number of unbranched alkanes of at least 4 members (excludes halogenated alkanes) is 3. The maximum atomic E-state index is 13.3. The van der Waals surface area contributed by atoms with Crippen LogP contribution in [0.3, 0.4) is 0 Å². The summed E-state index contributed by atoms with van der Waals surface area (Å²) in [5.74, 6) is -1.89. The lowest BCUT2D eigenvalue weighted by atomic mass is 10.2. The number of rotatable bonds is 7. The molecule has 1 rings (SSSR count). The molecule has 0 fully saturated rings. The molecule has 0 aliphatic rings. The van der Waals surface area contributed by atoms with Crippen molar-refractivity contribution in [3.8, 4) is 5.75 Å². The molecular weight excluding hydrogens is 292 g/mol. The normalized spacial score (nSPS) is 10.6. The zero-order valence-electron chi connectivity index (χ0n) is 9.52. The van der Waals surface area contributed by atoms with Crippen LogP contribution in [-0.2, 0) is 0 Å². The number of hydrogen-bond acceptors (Lipinski definition) is 2. The second-order valence-electron chi connectivity index (χ2n) is 3.75. The van der Waals surface area contributed by atoms with Gasteiger partial charge in [0.2, 0.25) is 5.82 Å². The van der Waals surface area contributed by atoms with Crippen LogP contribution in [0.25, 0.3) is 0 Å². The average Bonchev–Trinajstić information content (AvgIpc) is 2.29. The van der Waals surface area contributed by atoms with Crippen LogP contribution in [-0.4, -0.2) is 13.2 Å². The van der Waals surface area contributed by atoms with E-state index in [0.29, 0.717) is 17.6 Å². The molecule has 0 heterocycles. The van der Waals surface area contributed by atoms with Gasteiger partial charge in [0.1, 0.15) is 0 Å². The topological polar surface area (TPSA) is 35.2 Å². The Bertz CT molecular complexity index is 361. The fourth-order valence-corrected chi connectivity index (χ4v) is 1.83. The van der Waals surface area contributed by atoms with Crippen molar-refractivity contribution in [3.05, 3.63) is 28.2 Å². The van der Waals surface area contributed by atoms with Crippen molar-refractivity contribution >= 4 is 15.9 Å². The fraction of sp³-hybridized carbons (Fsp3) is 0.500. The molecule has 0 atom stereocenters. The Morgan fingerprint density at radius 3 is 2.53 bits per heavy atom. The molecule has 5 heteroatoms. The highest BCUT2D eigenvalue weighted by atomic mass is 79.9. The van der Waals surface area contributed by atoms with Crippen molar-refractivity contribution in [2.75, 3.05) is 13.2 Å². The third-order valence-corrected chi connectivity index (χ3v) is 2.77. The molecule has 0 radical (unpaired) electrons. The van der Waals surface area contributed by atoms with Crippen molar-refractivity contribution in [1.82, 2.24) is 0 Å². The Morgan fingerprint density at radius 2 is 1.82 bits per heavy atom. The molecule has 0 unspecified atom stereocenters. The molecule has 17 heavy (non-hydrogen) atoms. The van der Waals surface area contributed by atoms with Gasteiger partial charge >= 0.3 is 0 Å². The molecule has 0 aliphatic heterocycles. The summed E-state index contributed by atoms with van der Waals surface area (Å²) in [7, 11) is 0. The highest BCUT2D eigenvalue weighted by Crippen LogP contribution is 2.25. The lowest BCUT2D eigenvalue weighted by molar-refractivity contribution is 0.285. The van der Waals surface area contributed by atoms with Crippen LogP contribution in [0.15, 0.2) is 16.6 Å². The molecule has 2 nitrogen and oxygen atoms in total. The van der Waals surface area contributed by atoms with Crippen molar-refractivity contribution in [2.24, 2.45) is 5.73 Å². The fourth-order valence-electron chi connectivity index (χ4n) is 1.42. The average molecular weight is 308 g/mol. The maximum Gasteiger partial charge on any atom is 0.200 e. The summed E-state index contributed by atoms with van der Waals surface area (Å²) in [5, 5.41) is 0. The quantitative estimate of drug-likeness (QED) is 0.617. The number of benzene rings is 1. The van der Waals surface area contributed by atoms with Crippen molar-refractivity contribution in [1.29, 1.82) is 0 Å². The van der Waals surface area contributed by atoms with Crippen molar-refractivity contribution in [2.45, 2.75) is 25.7 Å². The molecule has 0 spiro atoms. The monoisotopic (exact) mass is 307 g/mol. The predicted molar refractivity (Wildman–Crippen MR) is 67.1 cm³/mol. The van der Waals surface area contributed by atoms with Crippen LogP contribution in [0.4, 0.5) is 8.78 Å². The van der Waals surface area contributed by atoms with E-state index in [-0.39, 0.29) is 5.75 Å². The highest BCUT2D eigenvalue weighted by Gasteiger charge is 2.10. The first-order valence-corrected chi connectivity index (χ1v) is 6.42. The zero-order chi connectivity index (χ0) is 12.7. The van der Waals surface area contributed by atoms with E-state index < -0.39 is 11.6 Å². The second kappa shape index (κ2) is 7.61. The first-order valence-electron chi connectivity index (χ1n) is 5.62. The van der Waals surface area contributed by atoms with Gasteiger partial charge in [0.05, 0.1) is 6.61 Å². The molecule has 0 amide bonds. The van der Waals surface area contributed by atoms with Gasteiger partial charge in [0.15, 0.2) is 11.6 Å². The first-order chi connectivity index (χ1) is 8.15. The molecule has 0 aliphatic carbocycles. The molecule has 2 N–H and O–H groups in total. The smallest absolute Gasteiger partial charge is 0.200 e. The van der Waals surface area contributed by atoms with Crippen LogP contribution in [0.1, 0.15) is 25.7 Å². The summed E-state index contributed by atoms with van der Waals surface area (Å²) < 4.78 is 32.0. The SMILES string of the molecule is NCCCCCCOc1cc(Br)cc(F)c1F. The van der Waals surface area contributed by atoms with E-state index in [1.807, 2.05) is 0 Å². The van der Waals surface area contributed by atoms with Gasteiger partial charge in [-0.25, -0.2) is 4.39 Å². The number of nitrogens with two attached hydrogens (primary N) is 1. The van der Waals surface area contributed by atoms with Crippen LogP contribution in [0.2, 0.25) is 0 Å². The van der Waals surface area contributed by atoms with Crippen LogP contribution in [0, 0.1) is 11.6 Å². The predicted octanol–water partition coefficient (Wildman–Crippen LogP) is 3.63. The molecule has 96 valence electrons. The molecule has 0 bridgehead atoms. The minimum Gasteiger partial charge on any atom is -0.490 e. The molecule has 0 saturated carbocycles. The Hall–Kier alpha value is -0.680. The van der Waals surface area contributed by atoms with E-state index in [2.05, 4.69) is 15.9 Å². The van der Waals surface area contributed by atoms with E-state index in [1.54, 1.807) is 0 Å². The first kappa shape index (κ1) is 14.4. The highest BCUT2D eigenvalue weighted by molar-refractivity contribution is 9.10. The maximum absolute atomic E-state index is 13.3. The van der Waals surface area contributed by atoms with Gasteiger partial charge < -0.3 is 10.5 Å². The van der Waals surface area contributed by atoms with Gasteiger partial charge in [-0.15, -0.1) is 0 Å². The molecular formula is C12H16BrF2NO. The summed E-state index contributed by atoms with van der Waals surface area (Å²) in [6.07, 6.45) is 3.82. The summed E-state index contributed by atoms with van der Waals surface area (Å²) in [6, 6.07) is 2.50. The van der Waals surface area contributed by atoms with Gasteiger partial charge in [0, 0.05) is 4.47 Å². The minimum atomic E-state index is -0.935. The second-order valence-corrected chi connectivity index (χ2v) is 4.67. The van der Waals surface area contributed by atoms with E-state index in [0.717, 1.165) is 31.7 Å². The van der Waals surface area contributed by atoms with Crippen LogP contribution in [0.5, 0.6) is 5.75 Å². The van der Waals surface area contributed by atoms with Gasteiger partial charge in [-0.3, -0.25) is 0 Å². The largest absolute Gasteiger partial charge is 0.490 e. The van der Waals surface area contributed by atoms with Crippen LogP contribution < -0.4 is 10.5 Å². The lowest BCUT2D eigenvalue weighted by Gasteiger charge is -2.08. The van der Waals surface area contributed by atoms with E-state index in [4.69, 9.17) is 10.5 Å². The molecule has 1 aromatic rings. The minimum absolute atomic E-state index is 0.0456. The van der Waals surface area contributed by atoms with Crippen molar-refractivity contribution < 1.29 is 13.5 Å². The van der Waals surface area contributed by atoms with Gasteiger partial charge in [-0.05, 0) is 31.5 Å². The Kier molecular flexibility index (Phi) is 6.44. The van der Waals surface area contributed by atoms with Gasteiger partial charge in [-0.2, -0.15) is 4.39 Å². The summed E-state index contributed by atoms with van der Waals surface area (Å²) in [6.45, 7) is 1.07. The number of hydrogen-bond donors (Lipinski definition) is 1. The van der Waals surface area contributed by atoms with Crippen molar-refractivity contribution in [3.63, 3.8) is 0 Å².